The molecule has 0 aromatic carbocycles. The first kappa shape index (κ1) is 25.4. The number of nitrogens with one attached hydrogen (secondary N) is 1. The number of carbonyl (C=O) groups is 1. The molecule has 0 radical (unpaired) electrons. The maximum Gasteiger partial charge on any atom is 0.216 e. The SMILES string of the molecule is CCCCCN(C)CC=CCC=CCC=CCC=CCCCCNC(C)=O. The molecule has 0 atom stereocenters. The van der Waals surface area contributed by atoms with Crippen LogP contribution in [0.15, 0.2) is 48.6 Å². The zero-order chi connectivity index (χ0) is 20.0. The first-order chi connectivity index (χ1) is 13.2. The van der Waals surface area contributed by atoms with Gasteiger partial charge in [-0.1, -0.05) is 68.4 Å². The van der Waals surface area contributed by atoms with Crippen molar-refractivity contribution < 1.29 is 4.79 Å². The number of hydrogen-bond acceptors (Lipinski definition) is 2. The quantitative estimate of drug-likeness (QED) is 0.257. The molecule has 3 heteroatoms. The minimum absolute atomic E-state index is 0.0613. The number of rotatable bonds is 17. The van der Waals surface area contributed by atoms with E-state index < -0.39 is 0 Å². The maximum absolute atomic E-state index is 10.7. The fourth-order valence-electron chi connectivity index (χ4n) is 2.56. The lowest BCUT2D eigenvalue weighted by molar-refractivity contribution is -0.118. The van der Waals surface area contributed by atoms with Gasteiger partial charge in [-0.2, -0.15) is 0 Å². The molecule has 1 N–H and O–H groups in total. The molecule has 0 aliphatic heterocycles. The van der Waals surface area contributed by atoms with E-state index in [0.29, 0.717) is 0 Å². The van der Waals surface area contributed by atoms with Crippen molar-refractivity contribution in [3.63, 3.8) is 0 Å². The minimum atomic E-state index is 0.0613. The van der Waals surface area contributed by atoms with Crippen LogP contribution in [0.5, 0.6) is 0 Å². The van der Waals surface area contributed by atoms with Gasteiger partial charge in [0.15, 0.2) is 0 Å². The molecule has 0 saturated heterocycles. The maximum atomic E-state index is 10.7. The molecule has 0 spiro atoms. The Bertz CT molecular complexity index is 449. The second kappa shape index (κ2) is 20.7. The number of nitrogens with zero attached hydrogens (tertiary/aromatic N) is 1. The van der Waals surface area contributed by atoms with Gasteiger partial charge in [0.1, 0.15) is 0 Å². The summed E-state index contributed by atoms with van der Waals surface area (Å²) in [7, 11) is 2.20. The predicted molar refractivity (Wildman–Crippen MR) is 120 cm³/mol. The van der Waals surface area contributed by atoms with E-state index in [1.54, 1.807) is 6.92 Å². The molecule has 0 unspecified atom stereocenters. The predicted octanol–water partition coefficient (Wildman–Crippen LogP) is 5.81. The van der Waals surface area contributed by atoms with Gasteiger partial charge in [0, 0.05) is 20.0 Å². The molecule has 27 heavy (non-hydrogen) atoms. The van der Waals surface area contributed by atoms with Crippen LogP contribution in [0.4, 0.5) is 0 Å². The molecule has 1 amide bonds. The van der Waals surface area contributed by atoms with Gasteiger partial charge < -0.3 is 10.2 Å². The van der Waals surface area contributed by atoms with Crippen molar-refractivity contribution in [3.8, 4) is 0 Å². The summed E-state index contributed by atoms with van der Waals surface area (Å²) in [6.07, 6.45) is 28.1. The summed E-state index contributed by atoms with van der Waals surface area (Å²) >= 11 is 0. The fourth-order valence-corrected chi connectivity index (χ4v) is 2.56. The molecular formula is C24H42N2O. The number of amides is 1. The first-order valence-corrected chi connectivity index (χ1v) is 10.7. The summed E-state index contributed by atoms with van der Waals surface area (Å²) in [6, 6.07) is 0. The second-order valence-corrected chi connectivity index (χ2v) is 7.04. The van der Waals surface area contributed by atoms with Crippen LogP contribution in [0.25, 0.3) is 0 Å². The van der Waals surface area contributed by atoms with Gasteiger partial charge in [0.25, 0.3) is 0 Å². The highest BCUT2D eigenvalue weighted by molar-refractivity contribution is 5.72. The average Bonchev–Trinajstić information content (AvgIpc) is 2.64. The van der Waals surface area contributed by atoms with Gasteiger partial charge in [-0.15, -0.1) is 0 Å². The molecule has 3 nitrogen and oxygen atoms in total. The van der Waals surface area contributed by atoms with Crippen molar-refractivity contribution in [2.45, 2.75) is 71.6 Å². The molecule has 0 rings (SSSR count). The number of likely N-dealkylation sites (N-methyl/N-ethyl adjacent to an activating group) is 1. The monoisotopic (exact) mass is 374 g/mol. The Labute approximate surface area is 168 Å². The molecule has 154 valence electrons. The molecular weight excluding hydrogens is 332 g/mol. The van der Waals surface area contributed by atoms with E-state index in [1.807, 2.05) is 0 Å². The summed E-state index contributed by atoms with van der Waals surface area (Å²) in [5.41, 5.74) is 0. The Morgan fingerprint density at radius 2 is 1.41 bits per heavy atom. The largest absolute Gasteiger partial charge is 0.356 e. The molecule has 0 saturated carbocycles. The molecule has 0 fully saturated rings. The molecule has 0 aliphatic carbocycles. The van der Waals surface area contributed by atoms with E-state index >= 15 is 0 Å². The molecule has 0 aromatic rings. The van der Waals surface area contributed by atoms with Crippen molar-refractivity contribution in [1.29, 1.82) is 0 Å². The van der Waals surface area contributed by atoms with Crippen molar-refractivity contribution >= 4 is 5.91 Å². The van der Waals surface area contributed by atoms with E-state index in [-0.39, 0.29) is 5.91 Å². The summed E-state index contributed by atoms with van der Waals surface area (Å²) < 4.78 is 0. The molecule has 0 heterocycles. The van der Waals surface area contributed by atoms with Crippen LogP contribution in [0, 0.1) is 0 Å². The molecule has 0 aromatic heterocycles. The van der Waals surface area contributed by atoms with Crippen molar-refractivity contribution in [3.05, 3.63) is 48.6 Å². The Morgan fingerprint density at radius 3 is 2.00 bits per heavy atom. The lowest BCUT2D eigenvalue weighted by Crippen LogP contribution is -2.20. The third kappa shape index (κ3) is 22.3. The van der Waals surface area contributed by atoms with Gasteiger partial charge in [0.2, 0.25) is 5.91 Å². The topological polar surface area (TPSA) is 32.3 Å². The van der Waals surface area contributed by atoms with Crippen LogP contribution in [-0.4, -0.2) is 37.5 Å². The lowest BCUT2D eigenvalue weighted by atomic mass is 10.2. The highest BCUT2D eigenvalue weighted by Crippen LogP contribution is 1.99. The summed E-state index contributed by atoms with van der Waals surface area (Å²) in [5.74, 6) is 0.0613. The Kier molecular flexibility index (Phi) is 19.5. The zero-order valence-electron chi connectivity index (χ0n) is 18.0. The number of carbonyl (C=O) groups excluding carboxylic acids is 1. The van der Waals surface area contributed by atoms with Gasteiger partial charge in [-0.05, 0) is 58.5 Å². The van der Waals surface area contributed by atoms with E-state index in [1.165, 1.54) is 25.8 Å². The number of allylic oxidation sites excluding steroid dienone is 7. The fraction of sp³-hybridized carbons (Fsp3) is 0.625. The Morgan fingerprint density at radius 1 is 0.815 bits per heavy atom. The second-order valence-electron chi connectivity index (χ2n) is 7.04. The van der Waals surface area contributed by atoms with E-state index in [0.717, 1.165) is 51.6 Å². The third-order valence-corrected chi connectivity index (χ3v) is 4.22. The highest BCUT2D eigenvalue weighted by atomic mass is 16.1. The zero-order valence-corrected chi connectivity index (χ0v) is 18.0. The molecule has 0 bridgehead atoms. The number of unbranched alkanes of at least 4 members (excludes halogenated alkanes) is 4. The Balaban J connectivity index is 3.48. The normalized spacial score (nSPS) is 12.4. The summed E-state index contributed by atoms with van der Waals surface area (Å²) in [4.78, 5) is 13.1. The minimum Gasteiger partial charge on any atom is -0.356 e. The third-order valence-electron chi connectivity index (χ3n) is 4.22. The number of hydrogen-bond donors (Lipinski definition) is 1. The van der Waals surface area contributed by atoms with Crippen LogP contribution < -0.4 is 5.32 Å². The van der Waals surface area contributed by atoms with Crippen LogP contribution in [0.1, 0.15) is 71.6 Å². The van der Waals surface area contributed by atoms with Gasteiger partial charge in [-0.25, -0.2) is 0 Å². The highest BCUT2D eigenvalue weighted by Gasteiger charge is 1.93. The molecule has 0 aliphatic rings. The van der Waals surface area contributed by atoms with Crippen molar-refractivity contribution in [1.82, 2.24) is 10.2 Å². The summed E-state index contributed by atoms with van der Waals surface area (Å²) in [6.45, 7) is 6.85. The van der Waals surface area contributed by atoms with Crippen LogP contribution in [0.2, 0.25) is 0 Å². The van der Waals surface area contributed by atoms with Gasteiger partial charge in [0.05, 0.1) is 0 Å². The van der Waals surface area contributed by atoms with Crippen LogP contribution in [-0.2, 0) is 4.79 Å². The van der Waals surface area contributed by atoms with Gasteiger partial charge >= 0.3 is 0 Å². The van der Waals surface area contributed by atoms with Crippen LogP contribution >= 0.6 is 0 Å². The van der Waals surface area contributed by atoms with E-state index in [4.69, 9.17) is 0 Å². The summed E-state index contributed by atoms with van der Waals surface area (Å²) in [5, 5.41) is 2.82. The van der Waals surface area contributed by atoms with Gasteiger partial charge in [-0.3, -0.25) is 4.79 Å². The van der Waals surface area contributed by atoms with Crippen molar-refractivity contribution in [2.75, 3.05) is 26.7 Å². The smallest absolute Gasteiger partial charge is 0.216 e. The van der Waals surface area contributed by atoms with Crippen molar-refractivity contribution in [2.24, 2.45) is 0 Å². The van der Waals surface area contributed by atoms with E-state index in [9.17, 15) is 4.79 Å². The Hall–Kier alpha value is -1.61. The van der Waals surface area contributed by atoms with Crippen LogP contribution in [0.3, 0.4) is 0 Å². The van der Waals surface area contributed by atoms with E-state index in [2.05, 4.69) is 72.8 Å². The first-order valence-electron chi connectivity index (χ1n) is 10.7. The average molecular weight is 375 g/mol. The standard InChI is InChI=1S/C24H42N2O/c1-4-5-19-22-26(3)23-20-17-15-13-11-9-7-6-8-10-12-14-16-18-21-25-24(2)27/h6-7,10-13,17,20H,4-5,8-9,14-16,18-19,21-23H2,1-3H3,(H,25,27). The lowest BCUT2D eigenvalue weighted by Gasteiger charge is -2.13.